The number of likely N-dealkylation sites (N-methyl/N-ethyl adjacent to an activating group) is 1. The van der Waals surface area contributed by atoms with Gasteiger partial charge in [-0.15, -0.1) is 11.3 Å². The molecule has 2 rings (SSSR count). The van der Waals surface area contributed by atoms with Crippen molar-refractivity contribution < 1.29 is 0 Å². The van der Waals surface area contributed by atoms with E-state index in [4.69, 9.17) is 0 Å². The molecule has 0 saturated heterocycles. The fourth-order valence-electron chi connectivity index (χ4n) is 1.68. The highest BCUT2D eigenvalue weighted by Gasteiger charge is 2.41. The Bertz CT molecular complexity index is 313. The number of nitrogens with one attached hydrogen (secondary N) is 1. The van der Waals surface area contributed by atoms with E-state index in [1.807, 2.05) is 0 Å². The van der Waals surface area contributed by atoms with E-state index in [0.717, 1.165) is 6.42 Å². The normalized spacial score (nSPS) is 18.9. The van der Waals surface area contributed by atoms with Crippen LogP contribution in [0, 0.1) is 0 Å². The lowest BCUT2D eigenvalue weighted by Crippen LogP contribution is -2.29. The minimum Gasteiger partial charge on any atom is -0.314 e. The van der Waals surface area contributed by atoms with Gasteiger partial charge in [0.15, 0.2) is 0 Å². The third-order valence-corrected chi connectivity index (χ3v) is 4.16. The van der Waals surface area contributed by atoms with E-state index in [9.17, 15) is 0 Å². The average Bonchev–Trinajstić information content (AvgIpc) is 2.75. The summed E-state index contributed by atoms with van der Waals surface area (Å²) in [7, 11) is 2.06. The molecule has 1 heterocycles. The zero-order valence-corrected chi connectivity index (χ0v) is 9.95. The van der Waals surface area contributed by atoms with Crippen molar-refractivity contribution in [1.82, 2.24) is 10.3 Å². The highest BCUT2D eigenvalue weighted by Crippen LogP contribution is 2.38. The lowest BCUT2D eigenvalue weighted by molar-refractivity contribution is 0.542. The summed E-state index contributed by atoms with van der Waals surface area (Å²) in [6.45, 7) is 4.40. The molecular formula is C11H18N2S. The van der Waals surface area contributed by atoms with E-state index >= 15 is 0 Å². The second-order valence-electron chi connectivity index (χ2n) is 4.54. The molecule has 3 heteroatoms. The molecule has 1 fully saturated rings. The Balaban J connectivity index is 2.03. The van der Waals surface area contributed by atoms with Gasteiger partial charge in [-0.1, -0.05) is 13.8 Å². The molecule has 1 N–H and O–H groups in total. The average molecular weight is 210 g/mol. The number of rotatable bonds is 4. The van der Waals surface area contributed by atoms with Crippen molar-refractivity contribution in [1.29, 1.82) is 0 Å². The van der Waals surface area contributed by atoms with Crippen LogP contribution >= 0.6 is 11.3 Å². The van der Waals surface area contributed by atoms with E-state index < -0.39 is 0 Å². The minimum atomic E-state index is 0.391. The van der Waals surface area contributed by atoms with Crippen molar-refractivity contribution >= 4 is 11.3 Å². The molecule has 0 aromatic carbocycles. The highest BCUT2D eigenvalue weighted by atomic mass is 32.1. The number of aromatic nitrogens is 1. The van der Waals surface area contributed by atoms with Crippen LogP contribution in [0.25, 0.3) is 0 Å². The molecule has 0 amide bonds. The minimum absolute atomic E-state index is 0.391. The van der Waals surface area contributed by atoms with Crippen LogP contribution in [0.1, 0.15) is 43.3 Å². The van der Waals surface area contributed by atoms with E-state index in [1.54, 1.807) is 11.3 Å². The summed E-state index contributed by atoms with van der Waals surface area (Å²) < 4.78 is 0. The predicted octanol–water partition coefficient (Wildman–Crippen LogP) is 2.56. The van der Waals surface area contributed by atoms with Gasteiger partial charge >= 0.3 is 0 Å². The smallest absolute Gasteiger partial charge is 0.0953 e. The maximum absolute atomic E-state index is 4.66. The van der Waals surface area contributed by atoms with E-state index in [2.05, 4.69) is 36.6 Å². The summed E-state index contributed by atoms with van der Waals surface area (Å²) >= 11 is 1.80. The van der Waals surface area contributed by atoms with Crippen molar-refractivity contribution in [2.24, 2.45) is 0 Å². The van der Waals surface area contributed by atoms with Gasteiger partial charge in [0, 0.05) is 23.3 Å². The maximum Gasteiger partial charge on any atom is 0.0953 e. The van der Waals surface area contributed by atoms with Gasteiger partial charge in [-0.3, -0.25) is 0 Å². The Kier molecular flexibility index (Phi) is 2.62. The quantitative estimate of drug-likeness (QED) is 0.826. The first-order valence-corrected chi connectivity index (χ1v) is 6.16. The van der Waals surface area contributed by atoms with Crippen LogP contribution in [-0.4, -0.2) is 17.6 Å². The first kappa shape index (κ1) is 10.1. The summed E-state index contributed by atoms with van der Waals surface area (Å²) in [5.74, 6) is 0.568. The van der Waals surface area contributed by atoms with Crippen molar-refractivity contribution in [3.8, 4) is 0 Å². The van der Waals surface area contributed by atoms with Crippen molar-refractivity contribution in [3.05, 3.63) is 16.1 Å². The van der Waals surface area contributed by atoms with Crippen LogP contribution in [0.4, 0.5) is 0 Å². The molecule has 0 unspecified atom stereocenters. The second-order valence-corrected chi connectivity index (χ2v) is 5.43. The third-order valence-electron chi connectivity index (χ3n) is 2.97. The molecule has 0 atom stereocenters. The lowest BCUT2D eigenvalue weighted by atomic mass is 10.1. The fourth-order valence-corrected chi connectivity index (χ4v) is 2.52. The molecule has 0 bridgehead atoms. The first-order chi connectivity index (χ1) is 6.65. The summed E-state index contributed by atoms with van der Waals surface area (Å²) in [6, 6.07) is 0. The Morgan fingerprint density at radius 1 is 1.57 bits per heavy atom. The Hall–Kier alpha value is -0.410. The molecule has 0 radical (unpaired) electrons. The van der Waals surface area contributed by atoms with Gasteiger partial charge in [-0.25, -0.2) is 4.98 Å². The Labute approximate surface area is 89.8 Å². The largest absolute Gasteiger partial charge is 0.314 e. The first-order valence-electron chi connectivity index (χ1n) is 5.28. The van der Waals surface area contributed by atoms with E-state index in [0.29, 0.717) is 11.5 Å². The van der Waals surface area contributed by atoms with Crippen LogP contribution in [-0.2, 0) is 6.42 Å². The van der Waals surface area contributed by atoms with Crippen molar-refractivity contribution in [3.63, 3.8) is 0 Å². The summed E-state index contributed by atoms with van der Waals surface area (Å²) in [5.41, 5.74) is 1.66. The van der Waals surface area contributed by atoms with Gasteiger partial charge in [0.25, 0.3) is 0 Å². The van der Waals surface area contributed by atoms with Crippen LogP contribution < -0.4 is 5.32 Å². The molecule has 1 saturated carbocycles. The number of nitrogens with zero attached hydrogens (tertiary/aromatic N) is 1. The monoisotopic (exact) mass is 210 g/mol. The van der Waals surface area contributed by atoms with Gasteiger partial charge < -0.3 is 5.32 Å². The molecule has 1 aliphatic rings. The number of hydrogen-bond acceptors (Lipinski definition) is 3. The molecule has 2 nitrogen and oxygen atoms in total. The van der Waals surface area contributed by atoms with Gasteiger partial charge in [0.05, 0.1) is 10.7 Å². The zero-order valence-electron chi connectivity index (χ0n) is 9.13. The summed E-state index contributed by atoms with van der Waals surface area (Å²) in [6.07, 6.45) is 3.71. The molecule has 78 valence electrons. The van der Waals surface area contributed by atoms with Gasteiger partial charge in [0.2, 0.25) is 0 Å². The lowest BCUT2D eigenvalue weighted by Gasteiger charge is -2.11. The number of hydrogen-bond donors (Lipinski definition) is 1. The fraction of sp³-hybridized carbons (Fsp3) is 0.727. The summed E-state index contributed by atoms with van der Waals surface area (Å²) in [4.78, 5) is 4.66. The van der Waals surface area contributed by atoms with Crippen LogP contribution in [0.2, 0.25) is 0 Å². The third kappa shape index (κ3) is 1.98. The van der Waals surface area contributed by atoms with Gasteiger partial charge in [-0.2, -0.15) is 0 Å². The molecule has 14 heavy (non-hydrogen) atoms. The van der Waals surface area contributed by atoms with Gasteiger partial charge in [0.1, 0.15) is 0 Å². The van der Waals surface area contributed by atoms with Crippen molar-refractivity contribution in [2.75, 3.05) is 7.05 Å². The Morgan fingerprint density at radius 2 is 2.29 bits per heavy atom. The second kappa shape index (κ2) is 3.63. The molecule has 1 aromatic rings. The molecule has 0 spiro atoms. The topological polar surface area (TPSA) is 24.9 Å². The molecular weight excluding hydrogens is 192 g/mol. The summed E-state index contributed by atoms with van der Waals surface area (Å²) in [5, 5.41) is 6.89. The molecule has 0 aliphatic heterocycles. The van der Waals surface area contributed by atoms with Crippen molar-refractivity contribution in [2.45, 2.75) is 44.6 Å². The van der Waals surface area contributed by atoms with Crippen LogP contribution in [0.15, 0.2) is 5.38 Å². The predicted molar refractivity (Wildman–Crippen MR) is 60.9 cm³/mol. The molecule has 1 aliphatic carbocycles. The molecule has 1 aromatic heterocycles. The maximum atomic E-state index is 4.66. The Morgan fingerprint density at radius 3 is 2.71 bits per heavy atom. The van der Waals surface area contributed by atoms with Crippen LogP contribution in [0.5, 0.6) is 0 Å². The van der Waals surface area contributed by atoms with E-state index in [-0.39, 0.29) is 0 Å². The van der Waals surface area contributed by atoms with E-state index in [1.165, 1.54) is 23.5 Å². The SMILES string of the molecule is CNC1(Cc2csc(C(C)C)n2)CC1. The highest BCUT2D eigenvalue weighted by molar-refractivity contribution is 7.09. The number of thiazole rings is 1. The van der Waals surface area contributed by atoms with Gasteiger partial charge in [-0.05, 0) is 19.9 Å². The standard InChI is InChI=1S/C11H18N2S/c1-8(2)10-13-9(7-14-10)6-11(12-3)4-5-11/h7-8,12H,4-6H2,1-3H3. The zero-order chi connectivity index (χ0) is 10.2. The van der Waals surface area contributed by atoms with Crippen LogP contribution in [0.3, 0.4) is 0 Å².